The van der Waals surface area contributed by atoms with Crippen LogP contribution in [0.15, 0.2) is 41.1 Å². The molecular weight excluding hydrogens is 308 g/mol. The molecule has 3 aromatic rings. The summed E-state index contributed by atoms with van der Waals surface area (Å²) >= 11 is 3.35. The van der Waals surface area contributed by atoms with Gasteiger partial charge in [0.15, 0.2) is 0 Å². The molecule has 0 spiro atoms. The number of rotatable bonds is 2. The van der Waals surface area contributed by atoms with E-state index in [0.717, 1.165) is 15.6 Å². The fraction of sp³-hybridized carbons (Fsp3) is 0. The van der Waals surface area contributed by atoms with E-state index in [4.69, 9.17) is 5.73 Å². The second-order valence-electron chi connectivity index (χ2n) is 4.04. The van der Waals surface area contributed by atoms with E-state index < -0.39 is 5.91 Å². The molecule has 19 heavy (non-hydrogen) atoms. The van der Waals surface area contributed by atoms with Gasteiger partial charge in [0.25, 0.3) is 5.91 Å². The molecule has 94 valence electrons. The van der Waals surface area contributed by atoms with Gasteiger partial charge in [-0.3, -0.25) is 9.78 Å². The Morgan fingerprint density at radius 3 is 2.68 bits per heavy atom. The van der Waals surface area contributed by atoms with Crippen molar-refractivity contribution in [2.45, 2.75) is 0 Å². The maximum absolute atomic E-state index is 11.5. The summed E-state index contributed by atoms with van der Waals surface area (Å²) in [6, 6.07) is 7.22. The Morgan fingerprint density at radius 1 is 1.26 bits per heavy atom. The van der Waals surface area contributed by atoms with Crippen LogP contribution in [0.5, 0.6) is 0 Å². The second-order valence-corrected chi connectivity index (χ2v) is 4.95. The second kappa shape index (κ2) is 4.47. The Morgan fingerprint density at radius 2 is 2.00 bits per heavy atom. The smallest absolute Gasteiger partial charge is 0.251 e. The van der Waals surface area contributed by atoms with Crippen molar-refractivity contribution < 1.29 is 4.79 Å². The quantitative estimate of drug-likeness (QED) is 0.761. The van der Waals surface area contributed by atoms with E-state index in [2.05, 4.69) is 30.9 Å². The van der Waals surface area contributed by atoms with Crippen LogP contribution in [-0.2, 0) is 0 Å². The van der Waals surface area contributed by atoms with Crippen LogP contribution < -0.4 is 5.73 Å². The highest BCUT2D eigenvalue weighted by atomic mass is 79.9. The van der Waals surface area contributed by atoms with Gasteiger partial charge in [-0.2, -0.15) is 0 Å². The summed E-state index contributed by atoms with van der Waals surface area (Å²) in [4.78, 5) is 23.0. The number of nitrogens with zero attached hydrogens (tertiary/aromatic N) is 2. The molecule has 0 fully saturated rings. The van der Waals surface area contributed by atoms with E-state index in [1.165, 1.54) is 0 Å². The summed E-state index contributed by atoms with van der Waals surface area (Å²) in [5.74, 6) is 0.178. The molecule has 1 amide bonds. The number of benzene rings is 1. The molecule has 0 aliphatic carbocycles. The lowest BCUT2D eigenvalue weighted by atomic mass is 10.2. The number of imidazole rings is 1. The van der Waals surface area contributed by atoms with Crippen LogP contribution in [0.2, 0.25) is 0 Å². The first-order valence-corrected chi connectivity index (χ1v) is 6.34. The molecule has 0 aliphatic heterocycles. The van der Waals surface area contributed by atoms with Crippen LogP contribution in [0.1, 0.15) is 10.4 Å². The van der Waals surface area contributed by atoms with E-state index in [1.54, 1.807) is 18.5 Å². The van der Waals surface area contributed by atoms with Gasteiger partial charge in [0, 0.05) is 22.4 Å². The molecule has 0 bridgehead atoms. The average Bonchev–Trinajstić information content (AvgIpc) is 2.82. The van der Waals surface area contributed by atoms with Gasteiger partial charge in [-0.15, -0.1) is 0 Å². The maximum Gasteiger partial charge on any atom is 0.251 e. The van der Waals surface area contributed by atoms with Crippen molar-refractivity contribution in [3.63, 3.8) is 0 Å². The van der Waals surface area contributed by atoms with Crippen LogP contribution in [0.25, 0.3) is 22.4 Å². The van der Waals surface area contributed by atoms with Gasteiger partial charge >= 0.3 is 0 Å². The minimum Gasteiger partial charge on any atom is -0.366 e. The fourth-order valence-electron chi connectivity index (χ4n) is 1.92. The van der Waals surface area contributed by atoms with Crippen molar-refractivity contribution >= 4 is 32.9 Å². The Hall–Kier alpha value is -2.21. The molecular formula is C13H9BrN4O. The normalized spacial score (nSPS) is 10.8. The van der Waals surface area contributed by atoms with E-state index in [0.29, 0.717) is 16.9 Å². The third kappa shape index (κ3) is 2.10. The number of fused-ring (bicyclic) bond motifs is 1. The molecule has 2 aromatic heterocycles. The Bertz CT molecular complexity index is 767. The Balaban J connectivity index is 2.26. The molecule has 1 aromatic carbocycles. The lowest BCUT2D eigenvalue weighted by molar-refractivity contribution is 0.100. The van der Waals surface area contributed by atoms with Crippen LogP contribution >= 0.6 is 15.9 Å². The van der Waals surface area contributed by atoms with Crippen molar-refractivity contribution in [2.75, 3.05) is 0 Å². The zero-order valence-corrected chi connectivity index (χ0v) is 11.3. The molecule has 0 radical (unpaired) electrons. The molecule has 0 saturated heterocycles. The fourth-order valence-corrected chi connectivity index (χ4v) is 2.37. The van der Waals surface area contributed by atoms with Crippen LogP contribution in [-0.4, -0.2) is 20.9 Å². The standard InChI is InChI=1S/C13H9BrN4O/c14-8-5-9(12(15)19)11-10(6-8)17-13(18-11)7-1-3-16-4-2-7/h1-6H,(H2,15,19)(H,17,18). The molecule has 3 rings (SSSR count). The largest absolute Gasteiger partial charge is 0.366 e. The number of primary amides is 1. The molecule has 0 saturated carbocycles. The number of halogens is 1. The lowest BCUT2D eigenvalue weighted by Crippen LogP contribution is -2.11. The predicted molar refractivity (Wildman–Crippen MR) is 75.5 cm³/mol. The number of nitrogens with two attached hydrogens (primary N) is 1. The third-order valence-corrected chi connectivity index (χ3v) is 3.23. The first-order chi connectivity index (χ1) is 9.15. The number of aromatic nitrogens is 3. The summed E-state index contributed by atoms with van der Waals surface area (Å²) in [5, 5.41) is 0. The molecule has 0 aliphatic rings. The van der Waals surface area contributed by atoms with Crippen LogP contribution in [0.4, 0.5) is 0 Å². The first-order valence-electron chi connectivity index (χ1n) is 5.54. The number of carbonyl (C=O) groups excluding carboxylic acids is 1. The van der Waals surface area contributed by atoms with Gasteiger partial charge in [-0.1, -0.05) is 15.9 Å². The third-order valence-electron chi connectivity index (χ3n) is 2.77. The number of hydrogen-bond donors (Lipinski definition) is 2. The van der Waals surface area contributed by atoms with Crippen molar-refractivity contribution in [1.29, 1.82) is 0 Å². The molecule has 0 atom stereocenters. The minimum atomic E-state index is -0.501. The van der Waals surface area contributed by atoms with Crippen molar-refractivity contribution in [3.8, 4) is 11.4 Å². The van der Waals surface area contributed by atoms with Gasteiger partial charge in [0.05, 0.1) is 11.1 Å². The van der Waals surface area contributed by atoms with Gasteiger partial charge in [-0.25, -0.2) is 4.98 Å². The summed E-state index contributed by atoms with van der Waals surface area (Å²) in [6.45, 7) is 0. The SMILES string of the molecule is NC(=O)c1cc(Br)cc2[nH]c(-c3ccncc3)nc12. The van der Waals surface area contributed by atoms with E-state index in [-0.39, 0.29) is 0 Å². The van der Waals surface area contributed by atoms with E-state index >= 15 is 0 Å². The summed E-state index contributed by atoms with van der Waals surface area (Å²) in [6.07, 6.45) is 3.38. The number of amides is 1. The van der Waals surface area contributed by atoms with Gasteiger partial charge < -0.3 is 10.7 Å². The summed E-state index contributed by atoms with van der Waals surface area (Å²) in [5.41, 5.74) is 7.99. The highest BCUT2D eigenvalue weighted by Gasteiger charge is 2.13. The molecule has 3 N–H and O–H groups in total. The summed E-state index contributed by atoms with van der Waals surface area (Å²) in [7, 11) is 0. The predicted octanol–water partition coefficient (Wildman–Crippen LogP) is 2.49. The molecule has 2 heterocycles. The van der Waals surface area contributed by atoms with Crippen molar-refractivity contribution in [1.82, 2.24) is 15.0 Å². The van der Waals surface area contributed by atoms with Gasteiger partial charge in [-0.05, 0) is 24.3 Å². The monoisotopic (exact) mass is 316 g/mol. The number of hydrogen-bond acceptors (Lipinski definition) is 3. The van der Waals surface area contributed by atoms with Crippen molar-refractivity contribution in [3.05, 3.63) is 46.7 Å². The van der Waals surface area contributed by atoms with Gasteiger partial charge in [0.1, 0.15) is 11.3 Å². The zero-order chi connectivity index (χ0) is 13.4. The van der Waals surface area contributed by atoms with Gasteiger partial charge in [0.2, 0.25) is 0 Å². The highest BCUT2D eigenvalue weighted by molar-refractivity contribution is 9.10. The van der Waals surface area contributed by atoms with Crippen LogP contribution in [0, 0.1) is 0 Å². The van der Waals surface area contributed by atoms with Crippen molar-refractivity contribution in [2.24, 2.45) is 5.73 Å². The highest BCUT2D eigenvalue weighted by Crippen LogP contribution is 2.25. The minimum absolute atomic E-state index is 0.390. The Kier molecular flexibility index (Phi) is 2.79. The Labute approximate surface area is 117 Å². The number of nitrogens with one attached hydrogen (secondary N) is 1. The first kappa shape index (κ1) is 11.9. The summed E-state index contributed by atoms with van der Waals surface area (Å²) < 4.78 is 0.777. The molecule has 0 unspecified atom stereocenters. The number of H-pyrrole nitrogens is 1. The zero-order valence-electron chi connectivity index (χ0n) is 9.72. The van der Waals surface area contributed by atoms with E-state index in [9.17, 15) is 4.79 Å². The number of aromatic amines is 1. The maximum atomic E-state index is 11.5. The lowest BCUT2D eigenvalue weighted by Gasteiger charge is -1.97. The number of pyridine rings is 1. The topological polar surface area (TPSA) is 84.7 Å². The van der Waals surface area contributed by atoms with Crippen LogP contribution in [0.3, 0.4) is 0 Å². The molecule has 6 heteroatoms. The number of carbonyl (C=O) groups is 1. The van der Waals surface area contributed by atoms with E-state index in [1.807, 2.05) is 18.2 Å². The average molecular weight is 317 g/mol. The molecule has 5 nitrogen and oxygen atoms in total.